The van der Waals surface area contributed by atoms with Crippen LogP contribution in [0.5, 0.6) is 0 Å². The lowest BCUT2D eigenvalue weighted by Gasteiger charge is -2.23. The summed E-state index contributed by atoms with van der Waals surface area (Å²) in [6, 6.07) is 6.19. The van der Waals surface area contributed by atoms with E-state index < -0.39 is 0 Å². The molecule has 1 heterocycles. The topological polar surface area (TPSA) is 72.0 Å². The van der Waals surface area contributed by atoms with E-state index in [-0.39, 0.29) is 35.3 Å². The van der Waals surface area contributed by atoms with Crippen molar-refractivity contribution in [1.82, 2.24) is 9.97 Å². The average molecular weight is 341 g/mol. The van der Waals surface area contributed by atoms with Gasteiger partial charge in [-0.15, -0.1) is 0 Å². The first-order valence-corrected chi connectivity index (χ1v) is 8.43. The summed E-state index contributed by atoms with van der Waals surface area (Å²) in [7, 11) is 0. The van der Waals surface area contributed by atoms with Crippen LogP contribution in [-0.2, 0) is 11.2 Å². The second-order valence-corrected chi connectivity index (χ2v) is 6.43. The summed E-state index contributed by atoms with van der Waals surface area (Å²) in [5.74, 6) is -0.433. The number of nitrogens with zero attached hydrogens (tertiary/aromatic N) is 2. The number of halogens is 1. The van der Waals surface area contributed by atoms with Crippen LogP contribution in [0.25, 0.3) is 0 Å². The number of carbonyl (C=O) groups is 2. The molecule has 2 aromatic rings. The smallest absolute Gasteiger partial charge is 0.229 e. The van der Waals surface area contributed by atoms with Crippen LogP contribution >= 0.6 is 0 Å². The molecule has 0 spiro atoms. The Morgan fingerprint density at radius 1 is 1.32 bits per heavy atom. The molecule has 0 saturated carbocycles. The van der Waals surface area contributed by atoms with Crippen molar-refractivity contribution in [3.8, 4) is 0 Å². The first-order chi connectivity index (χ1) is 12.0. The number of ketones is 1. The maximum Gasteiger partial charge on any atom is 0.229 e. The fraction of sp³-hybridized carbons (Fsp3) is 0.368. The normalized spacial score (nSPS) is 17.7. The van der Waals surface area contributed by atoms with Gasteiger partial charge in [0.15, 0.2) is 5.78 Å². The second-order valence-electron chi connectivity index (χ2n) is 6.43. The van der Waals surface area contributed by atoms with Crippen molar-refractivity contribution in [2.75, 3.05) is 5.32 Å². The molecule has 5 nitrogen and oxygen atoms in total. The van der Waals surface area contributed by atoms with E-state index in [1.165, 1.54) is 18.3 Å². The Kier molecular flexibility index (Phi) is 4.88. The fourth-order valence-corrected chi connectivity index (χ4v) is 2.89. The number of hydrogen-bond donors (Lipinski definition) is 1. The van der Waals surface area contributed by atoms with Crippen LogP contribution in [-0.4, -0.2) is 21.7 Å². The number of carbonyl (C=O) groups excluding carboxylic acids is 2. The monoisotopic (exact) mass is 341 g/mol. The van der Waals surface area contributed by atoms with Gasteiger partial charge in [-0.25, -0.2) is 14.4 Å². The first-order valence-electron chi connectivity index (χ1n) is 8.43. The Morgan fingerprint density at radius 3 is 2.72 bits per heavy atom. The van der Waals surface area contributed by atoms with E-state index in [2.05, 4.69) is 15.3 Å². The Bertz CT molecular complexity index is 805. The zero-order chi connectivity index (χ0) is 18.0. The van der Waals surface area contributed by atoms with Gasteiger partial charge >= 0.3 is 0 Å². The Labute approximate surface area is 145 Å². The molecule has 1 aliphatic rings. The van der Waals surface area contributed by atoms with Gasteiger partial charge in [0.25, 0.3) is 0 Å². The molecule has 3 rings (SSSR count). The Balaban J connectivity index is 1.83. The SMILES string of the molecule is CC[C@H](C)C(=O)Nc1ncc2c(n1)C[C@@H](c1ccc(F)cc1)CC2=O. The highest BCUT2D eigenvalue weighted by Gasteiger charge is 2.28. The molecule has 0 radical (unpaired) electrons. The van der Waals surface area contributed by atoms with Crippen LogP contribution in [0.2, 0.25) is 0 Å². The van der Waals surface area contributed by atoms with E-state index in [4.69, 9.17) is 0 Å². The van der Waals surface area contributed by atoms with Crippen LogP contribution in [0.15, 0.2) is 30.5 Å². The quantitative estimate of drug-likeness (QED) is 0.924. The van der Waals surface area contributed by atoms with Crippen molar-refractivity contribution in [2.24, 2.45) is 5.92 Å². The number of rotatable bonds is 4. The summed E-state index contributed by atoms with van der Waals surface area (Å²) in [6.45, 7) is 3.77. The molecule has 1 aromatic heterocycles. The summed E-state index contributed by atoms with van der Waals surface area (Å²) >= 11 is 0. The summed E-state index contributed by atoms with van der Waals surface area (Å²) < 4.78 is 13.1. The van der Waals surface area contributed by atoms with Gasteiger partial charge < -0.3 is 0 Å². The van der Waals surface area contributed by atoms with Gasteiger partial charge in [0.2, 0.25) is 11.9 Å². The predicted octanol–water partition coefficient (Wildman–Crippen LogP) is 3.51. The van der Waals surface area contributed by atoms with Crippen molar-refractivity contribution in [1.29, 1.82) is 0 Å². The molecule has 1 aromatic carbocycles. The molecule has 25 heavy (non-hydrogen) atoms. The second kappa shape index (κ2) is 7.09. The molecule has 2 atom stereocenters. The van der Waals surface area contributed by atoms with Crippen LogP contribution in [0.1, 0.15) is 54.2 Å². The highest BCUT2D eigenvalue weighted by atomic mass is 19.1. The average Bonchev–Trinajstić information content (AvgIpc) is 2.61. The molecule has 0 bridgehead atoms. The van der Waals surface area contributed by atoms with E-state index in [1.807, 2.05) is 13.8 Å². The summed E-state index contributed by atoms with van der Waals surface area (Å²) in [5, 5.41) is 2.70. The largest absolute Gasteiger partial charge is 0.294 e. The fourth-order valence-electron chi connectivity index (χ4n) is 2.89. The van der Waals surface area contributed by atoms with Crippen molar-refractivity contribution in [3.63, 3.8) is 0 Å². The number of anilines is 1. The molecule has 6 heteroatoms. The van der Waals surface area contributed by atoms with E-state index >= 15 is 0 Å². The number of fused-ring (bicyclic) bond motifs is 1. The number of Topliss-reactive ketones (excluding diaryl/α,β-unsaturated/α-hetero) is 1. The number of benzene rings is 1. The lowest BCUT2D eigenvalue weighted by atomic mass is 9.82. The van der Waals surface area contributed by atoms with Crippen molar-refractivity contribution < 1.29 is 14.0 Å². The molecule has 1 amide bonds. The molecular weight excluding hydrogens is 321 g/mol. The molecule has 0 fully saturated rings. The van der Waals surface area contributed by atoms with Gasteiger partial charge in [0.1, 0.15) is 5.82 Å². The van der Waals surface area contributed by atoms with Gasteiger partial charge in [-0.05, 0) is 36.5 Å². The molecule has 1 aliphatic carbocycles. The summed E-state index contributed by atoms with van der Waals surface area (Å²) in [6.07, 6.45) is 3.11. The zero-order valence-corrected chi connectivity index (χ0v) is 14.3. The minimum Gasteiger partial charge on any atom is -0.294 e. The highest BCUT2D eigenvalue weighted by Crippen LogP contribution is 2.32. The highest BCUT2D eigenvalue weighted by molar-refractivity contribution is 5.99. The van der Waals surface area contributed by atoms with Gasteiger partial charge in [-0.1, -0.05) is 26.0 Å². The van der Waals surface area contributed by atoms with Crippen molar-refractivity contribution in [3.05, 3.63) is 53.1 Å². The van der Waals surface area contributed by atoms with Gasteiger partial charge in [-0.3, -0.25) is 14.9 Å². The number of hydrogen-bond acceptors (Lipinski definition) is 4. The first kappa shape index (κ1) is 17.2. The Hall–Kier alpha value is -2.63. The molecule has 0 aliphatic heterocycles. The zero-order valence-electron chi connectivity index (χ0n) is 14.3. The maximum absolute atomic E-state index is 13.1. The lowest BCUT2D eigenvalue weighted by molar-refractivity contribution is -0.119. The third-order valence-electron chi connectivity index (χ3n) is 4.68. The number of nitrogens with one attached hydrogen (secondary N) is 1. The Morgan fingerprint density at radius 2 is 2.04 bits per heavy atom. The van der Waals surface area contributed by atoms with Crippen LogP contribution in [0.3, 0.4) is 0 Å². The summed E-state index contributed by atoms with van der Waals surface area (Å²) in [4.78, 5) is 32.9. The third-order valence-corrected chi connectivity index (χ3v) is 4.68. The number of aromatic nitrogens is 2. The van der Waals surface area contributed by atoms with E-state index in [9.17, 15) is 14.0 Å². The van der Waals surface area contributed by atoms with Gasteiger partial charge in [0, 0.05) is 18.5 Å². The summed E-state index contributed by atoms with van der Waals surface area (Å²) in [5.41, 5.74) is 2.03. The third kappa shape index (κ3) is 3.73. The minimum absolute atomic E-state index is 0.0321. The van der Waals surface area contributed by atoms with Gasteiger partial charge in [0.05, 0.1) is 11.3 Å². The van der Waals surface area contributed by atoms with Crippen molar-refractivity contribution >= 4 is 17.6 Å². The molecule has 0 unspecified atom stereocenters. The molecular formula is C19H20FN3O2. The van der Waals surface area contributed by atoms with Crippen LogP contribution in [0.4, 0.5) is 10.3 Å². The van der Waals surface area contributed by atoms with E-state index in [0.29, 0.717) is 24.1 Å². The standard InChI is InChI=1S/C19H20FN3O2/c1-3-11(2)18(25)23-19-21-10-15-16(22-19)8-13(9-17(15)24)12-4-6-14(20)7-5-12/h4-7,10-11,13H,3,8-9H2,1-2H3,(H,21,22,23,25)/t11-,13+/m0/s1. The number of amides is 1. The van der Waals surface area contributed by atoms with Gasteiger partial charge in [-0.2, -0.15) is 0 Å². The lowest BCUT2D eigenvalue weighted by Crippen LogP contribution is -2.24. The van der Waals surface area contributed by atoms with Crippen LogP contribution < -0.4 is 5.32 Å². The molecule has 130 valence electrons. The maximum atomic E-state index is 13.1. The van der Waals surface area contributed by atoms with E-state index in [0.717, 1.165) is 12.0 Å². The van der Waals surface area contributed by atoms with Crippen LogP contribution in [0, 0.1) is 11.7 Å². The molecule has 0 saturated heterocycles. The molecule has 1 N–H and O–H groups in total. The van der Waals surface area contributed by atoms with E-state index in [1.54, 1.807) is 12.1 Å². The predicted molar refractivity (Wildman–Crippen MR) is 91.9 cm³/mol. The van der Waals surface area contributed by atoms with Crippen molar-refractivity contribution in [2.45, 2.75) is 39.0 Å². The minimum atomic E-state index is -0.302.